The minimum Gasteiger partial charge on any atom is -0.314 e. The average molecular weight is 165 g/mol. The van der Waals surface area contributed by atoms with E-state index < -0.39 is 0 Å². The van der Waals surface area contributed by atoms with Crippen LogP contribution in [0.2, 0.25) is 0 Å². The third kappa shape index (κ3) is 2.58. The van der Waals surface area contributed by atoms with Gasteiger partial charge in [-0.3, -0.25) is 9.97 Å². The second-order valence-electron chi connectivity index (χ2n) is 2.78. The van der Waals surface area contributed by atoms with E-state index in [1.165, 1.54) is 0 Å². The molecule has 0 aliphatic heterocycles. The lowest BCUT2D eigenvalue weighted by Gasteiger charge is -2.01. The van der Waals surface area contributed by atoms with E-state index >= 15 is 0 Å². The molecule has 0 atom stereocenters. The molecule has 0 amide bonds. The third-order valence-corrected chi connectivity index (χ3v) is 1.60. The standard InChI is InChI=1S/C9H15N3/c1-3-4-8-6-11-7-9(12-8)5-10-2/h6-7,10H,3-5H2,1-2H3. The summed E-state index contributed by atoms with van der Waals surface area (Å²) >= 11 is 0. The van der Waals surface area contributed by atoms with E-state index in [0.717, 1.165) is 30.8 Å². The molecule has 0 bridgehead atoms. The van der Waals surface area contributed by atoms with E-state index in [1.807, 2.05) is 13.2 Å². The SMILES string of the molecule is CCCc1cncc(CNC)n1. The van der Waals surface area contributed by atoms with Gasteiger partial charge in [-0.05, 0) is 13.5 Å². The van der Waals surface area contributed by atoms with Crippen LogP contribution in [-0.2, 0) is 13.0 Å². The molecule has 0 aliphatic carbocycles. The highest BCUT2D eigenvalue weighted by Gasteiger charge is 1.95. The number of nitrogens with one attached hydrogen (secondary N) is 1. The zero-order valence-corrected chi connectivity index (χ0v) is 7.67. The Hall–Kier alpha value is -0.960. The highest BCUT2D eigenvalue weighted by Crippen LogP contribution is 1.98. The Balaban J connectivity index is 2.67. The first-order valence-electron chi connectivity index (χ1n) is 4.31. The summed E-state index contributed by atoms with van der Waals surface area (Å²) in [5.41, 5.74) is 2.11. The highest BCUT2D eigenvalue weighted by molar-refractivity contribution is 5.02. The first-order chi connectivity index (χ1) is 5.86. The molecule has 1 aromatic heterocycles. The highest BCUT2D eigenvalue weighted by atomic mass is 14.9. The summed E-state index contributed by atoms with van der Waals surface area (Å²) in [7, 11) is 1.91. The zero-order chi connectivity index (χ0) is 8.81. The van der Waals surface area contributed by atoms with E-state index in [0.29, 0.717) is 0 Å². The van der Waals surface area contributed by atoms with E-state index in [4.69, 9.17) is 0 Å². The molecule has 0 radical (unpaired) electrons. The van der Waals surface area contributed by atoms with Crippen molar-refractivity contribution in [1.29, 1.82) is 0 Å². The Bertz CT molecular complexity index is 214. The lowest BCUT2D eigenvalue weighted by molar-refractivity contribution is 0.763. The van der Waals surface area contributed by atoms with Gasteiger partial charge in [0, 0.05) is 18.9 Å². The molecule has 1 rings (SSSR count). The van der Waals surface area contributed by atoms with Gasteiger partial charge in [0.25, 0.3) is 0 Å². The maximum Gasteiger partial charge on any atom is 0.0727 e. The summed E-state index contributed by atoms with van der Waals surface area (Å²) in [6.07, 6.45) is 5.78. The zero-order valence-electron chi connectivity index (χ0n) is 7.67. The first kappa shape index (κ1) is 9.13. The Morgan fingerprint density at radius 3 is 2.75 bits per heavy atom. The molecule has 66 valence electrons. The normalized spacial score (nSPS) is 10.2. The molecule has 0 unspecified atom stereocenters. The topological polar surface area (TPSA) is 37.8 Å². The van der Waals surface area contributed by atoms with Gasteiger partial charge in [-0.2, -0.15) is 0 Å². The fourth-order valence-corrected chi connectivity index (χ4v) is 1.09. The van der Waals surface area contributed by atoms with Gasteiger partial charge in [-0.25, -0.2) is 0 Å². The molecule has 0 fully saturated rings. The molecule has 0 saturated heterocycles. The number of nitrogens with zero attached hydrogens (tertiary/aromatic N) is 2. The molecular weight excluding hydrogens is 150 g/mol. The molecule has 1 heterocycles. The van der Waals surface area contributed by atoms with Crippen molar-refractivity contribution in [2.75, 3.05) is 7.05 Å². The van der Waals surface area contributed by atoms with Gasteiger partial charge >= 0.3 is 0 Å². The summed E-state index contributed by atoms with van der Waals surface area (Å²) in [6, 6.07) is 0. The van der Waals surface area contributed by atoms with E-state index in [9.17, 15) is 0 Å². The summed E-state index contributed by atoms with van der Waals surface area (Å²) < 4.78 is 0. The van der Waals surface area contributed by atoms with Crippen LogP contribution in [-0.4, -0.2) is 17.0 Å². The van der Waals surface area contributed by atoms with Gasteiger partial charge in [0.05, 0.1) is 11.4 Å². The van der Waals surface area contributed by atoms with Crippen LogP contribution in [0.1, 0.15) is 24.7 Å². The van der Waals surface area contributed by atoms with Crippen molar-refractivity contribution in [3.63, 3.8) is 0 Å². The molecule has 0 spiro atoms. The molecule has 1 N–H and O–H groups in total. The van der Waals surface area contributed by atoms with Gasteiger partial charge < -0.3 is 5.32 Å². The van der Waals surface area contributed by atoms with Crippen molar-refractivity contribution in [3.8, 4) is 0 Å². The van der Waals surface area contributed by atoms with Gasteiger partial charge in [0.15, 0.2) is 0 Å². The Kier molecular flexibility index (Phi) is 3.67. The molecule has 3 nitrogen and oxygen atoms in total. The van der Waals surface area contributed by atoms with Crippen LogP contribution >= 0.6 is 0 Å². The molecule has 0 aromatic carbocycles. The van der Waals surface area contributed by atoms with Crippen LogP contribution in [0.15, 0.2) is 12.4 Å². The monoisotopic (exact) mass is 165 g/mol. The van der Waals surface area contributed by atoms with Crippen molar-refractivity contribution in [2.24, 2.45) is 0 Å². The molecular formula is C9H15N3. The molecule has 12 heavy (non-hydrogen) atoms. The Morgan fingerprint density at radius 1 is 1.33 bits per heavy atom. The van der Waals surface area contributed by atoms with Crippen molar-refractivity contribution >= 4 is 0 Å². The fraction of sp³-hybridized carbons (Fsp3) is 0.556. The lowest BCUT2D eigenvalue weighted by Crippen LogP contribution is -2.08. The summed E-state index contributed by atoms with van der Waals surface area (Å²) in [4.78, 5) is 8.55. The summed E-state index contributed by atoms with van der Waals surface area (Å²) in [5, 5.41) is 3.05. The summed E-state index contributed by atoms with van der Waals surface area (Å²) in [6.45, 7) is 2.94. The van der Waals surface area contributed by atoms with E-state index in [-0.39, 0.29) is 0 Å². The van der Waals surface area contributed by atoms with Gasteiger partial charge in [0.1, 0.15) is 0 Å². The van der Waals surface area contributed by atoms with Crippen molar-refractivity contribution in [2.45, 2.75) is 26.3 Å². The van der Waals surface area contributed by atoms with Crippen molar-refractivity contribution in [1.82, 2.24) is 15.3 Å². The van der Waals surface area contributed by atoms with Crippen LogP contribution in [0, 0.1) is 0 Å². The number of hydrogen-bond acceptors (Lipinski definition) is 3. The van der Waals surface area contributed by atoms with Crippen molar-refractivity contribution in [3.05, 3.63) is 23.8 Å². The number of rotatable bonds is 4. The predicted octanol–water partition coefficient (Wildman–Crippen LogP) is 1.15. The average Bonchev–Trinajstić information content (AvgIpc) is 2.06. The van der Waals surface area contributed by atoms with Crippen LogP contribution in [0.4, 0.5) is 0 Å². The molecule has 0 aliphatic rings. The number of aromatic nitrogens is 2. The largest absolute Gasteiger partial charge is 0.314 e. The van der Waals surface area contributed by atoms with Crippen LogP contribution in [0.3, 0.4) is 0 Å². The quantitative estimate of drug-likeness (QED) is 0.727. The van der Waals surface area contributed by atoms with Crippen molar-refractivity contribution < 1.29 is 0 Å². The van der Waals surface area contributed by atoms with Gasteiger partial charge in [-0.1, -0.05) is 13.3 Å². The first-order valence-corrected chi connectivity index (χ1v) is 4.31. The van der Waals surface area contributed by atoms with E-state index in [1.54, 1.807) is 6.20 Å². The third-order valence-electron chi connectivity index (χ3n) is 1.60. The number of aryl methyl sites for hydroxylation is 1. The predicted molar refractivity (Wildman–Crippen MR) is 48.8 cm³/mol. The molecule has 0 saturated carbocycles. The number of hydrogen-bond donors (Lipinski definition) is 1. The minimum atomic E-state index is 0.796. The molecule has 3 heteroatoms. The van der Waals surface area contributed by atoms with Crippen LogP contribution in [0.25, 0.3) is 0 Å². The van der Waals surface area contributed by atoms with Gasteiger partial charge in [0.2, 0.25) is 0 Å². The smallest absolute Gasteiger partial charge is 0.0727 e. The van der Waals surface area contributed by atoms with E-state index in [2.05, 4.69) is 22.2 Å². The second-order valence-corrected chi connectivity index (χ2v) is 2.78. The second kappa shape index (κ2) is 4.83. The molecule has 1 aromatic rings. The fourth-order valence-electron chi connectivity index (χ4n) is 1.09. The Morgan fingerprint density at radius 2 is 2.08 bits per heavy atom. The lowest BCUT2D eigenvalue weighted by atomic mass is 10.2. The van der Waals surface area contributed by atoms with Gasteiger partial charge in [-0.15, -0.1) is 0 Å². The maximum atomic E-state index is 4.43. The van der Waals surface area contributed by atoms with Crippen LogP contribution in [0.5, 0.6) is 0 Å². The Labute approximate surface area is 73.2 Å². The maximum absolute atomic E-state index is 4.43. The summed E-state index contributed by atoms with van der Waals surface area (Å²) in [5.74, 6) is 0. The van der Waals surface area contributed by atoms with Crippen LogP contribution < -0.4 is 5.32 Å². The minimum absolute atomic E-state index is 0.796.